The van der Waals surface area contributed by atoms with Crippen LogP contribution in [0.5, 0.6) is 5.75 Å². The molecule has 36 heavy (non-hydrogen) atoms. The van der Waals surface area contributed by atoms with Gasteiger partial charge in [0.05, 0.1) is 23.5 Å². The lowest BCUT2D eigenvalue weighted by molar-refractivity contribution is 0.101. The Morgan fingerprint density at radius 2 is 2.06 bits per heavy atom. The molecule has 2 atom stereocenters. The lowest BCUT2D eigenvalue weighted by Crippen LogP contribution is -2.29. The highest BCUT2D eigenvalue weighted by Crippen LogP contribution is 2.39. The van der Waals surface area contributed by atoms with Crippen molar-refractivity contribution in [3.8, 4) is 11.8 Å². The van der Waals surface area contributed by atoms with Gasteiger partial charge in [0, 0.05) is 31.6 Å². The number of amides is 1. The minimum atomic E-state index is -0.851. The molecule has 0 aliphatic heterocycles. The maximum Gasteiger partial charge on any atom is 0.296 e. The van der Waals surface area contributed by atoms with Gasteiger partial charge in [0.1, 0.15) is 23.6 Å². The van der Waals surface area contributed by atoms with Gasteiger partial charge >= 0.3 is 0 Å². The summed E-state index contributed by atoms with van der Waals surface area (Å²) < 4.78 is 21.8. The number of aryl methyl sites for hydroxylation is 2. The summed E-state index contributed by atoms with van der Waals surface area (Å²) in [6, 6.07) is 7.70. The summed E-state index contributed by atoms with van der Waals surface area (Å²) in [6.45, 7) is 3.57. The summed E-state index contributed by atoms with van der Waals surface area (Å²) in [7, 11) is 3.15. The van der Waals surface area contributed by atoms with Crippen molar-refractivity contribution in [3.63, 3.8) is 0 Å². The molecule has 0 bridgehead atoms. The van der Waals surface area contributed by atoms with Gasteiger partial charge in [-0.05, 0) is 36.8 Å². The summed E-state index contributed by atoms with van der Waals surface area (Å²) in [5, 5.41) is 30.6. The second-order valence-electron chi connectivity index (χ2n) is 8.34. The zero-order chi connectivity index (χ0) is 26.1. The first-order chi connectivity index (χ1) is 17.1. The van der Waals surface area contributed by atoms with E-state index in [2.05, 4.69) is 31.1 Å². The molecule has 0 saturated carbocycles. The number of nitriles is 1. The standard InChI is InChI=1S/C24H22FN7O4/c1-12-7-18(30-32(12)4)19(17-8-15(25)6-5-14(17)9-26)13(2)22-29-20(21(33)24(35)31(22)3)23(34)28-16-10-27-36-11-16/h5-8,10-11,13,19,33H,1-4H3,(H,28,34)/t13-,19+/m1/s1. The zero-order valence-corrected chi connectivity index (χ0v) is 19.9. The number of nitrogens with zero attached hydrogens (tertiary/aromatic N) is 6. The Hall–Kier alpha value is -4.79. The molecule has 184 valence electrons. The first-order valence-electron chi connectivity index (χ1n) is 10.8. The molecule has 2 N–H and O–H groups in total. The number of benzene rings is 1. The molecule has 0 aliphatic rings. The van der Waals surface area contributed by atoms with Crippen molar-refractivity contribution in [2.24, 2.45) is 14.1 Å². The maximum absolute atomic E-state index is 14.4. The highest BCUT2D eigenvalue weighted by molar-refractivity contribution is 6.04. The van der Waals surface area contributed by atoms with Crippen LogP contribution in [0, 0.1) is 24.1 Å². The third-order valence-corrected chi connectivity index (χ3v) is 6.03. The number of aromatic nitrogens is 5. The van der Waals surface area contributed by atoms with E-state index in [1.54, 1.807) is 24.7 Å². The quantitative estimate of drug-likeness (QED) is 0.418. The Balaban J connectivity index is 1.89. The first kappa shape index (κ1) is 24.3. The van der Waals surface area contributed by atoms with E-state index in [0.29, 0.717) is 11.3 Å². The van der Waals surface area contributed by atoms with E-state index in [9.17, 15) is 24.3 Å². The fourth-order valence-electron chi connectivity index (χ4n) is 4.10. The number of nitrogens with one attached hydrogen (secondary N) is 1. The highest BCUT2D eigenvalue weighted by Gasteiger charge is 2.32. The lowest BCUT2D eigenvalue weighted by atomic mass is 9.81. The predicted octanol–water partition coefficient (Wildman–Crippen LogP) is 2.71. The third-order valence-electron chi connectivity index (χ3n) is 6.03. The van der Waals surface area contributed by atoms with E-state index >= 15 is 0 Å². The predicted molar refractivity (Wildman–Crippen MR) is 125 cm³/mol. The molecule has 0 saturated heterocycles. The van der Waals surface area contributed by atoms with Crippen LogP contribution in [0.1, 0.15) is 57.6 Å². The number of anilines is 1. The van der Waals surface area contributed by atoms with Crippen molar-refractivity contribution in [1.82, 2.24) is 24.5 Å². The Kier molecular flexibility index (Phi) is 6.39. The van der Waals surface area contributed by atoms with E-state index in [0.717, 1.165) is 10.3 Å². The molecule has 11 nitrogen and oxygen atoms in total. The van der Waals surface area contributed by atoms with Crippen LogP contribution in [0.25, 0.3) is 0 Å². The van der Waals surface area contributed by atoms with Gasteiger partial charge in [-0.2, -0.15) is 10.4 Å². The Morgan fingerprint density at radius 3 is 2.67 bits per heavy atom. The molecule has 1 aromatic carbocycles. The molecule has 0 radical (unpaired) electrons. The van der Waals surface area contributed by atoms with Gasteiger partial charge in [-0.3, -0.25) is 18.8 Å². The molecule has 0 unspecified atom stereocenters. The van der Waals surface area contributed by atoms with Gasteiger partial charge in [0.2, 0.25) is 5.75 Å². The second-order valence-corrected chi connectivity index (χ2v) is 8.34. The molecular formula is C24H22FN7O4. The molecule has 3 aromatic heterocycles. The molecule has 1 amide bonds. The van der Waals surface area contributed by atoms with Crippen molar-refractivity contribution < 1.29 is 18.8 Å². The van der Waals surface area contributed by atoms with Crippen LogP contribution in [-0.4, -0.2) is 35.5 Å². The van der Waals surface area contributed by atoms with Crippen LogP contribution in [0.15, 0.2) is 46.0 Å². The monoisotopic (exact) mass is 491 g/mol. The maximum atomic E-state index is 14.4. The van der Waals surface area contributed by atoms with Gasteiger partial charge in [-0.25, -0.2) is 9.37 Å². The molecule has 3 heterocycles. The molecule has 12 heteroatoms. The SMILES string of the molecule is Cc1cc([C@H](c2cc(F)ccc2C#N)[C@@H](C)c2nc(C(=O)Nc3cnoc3)c(O)c(=O)n2C)nn1C. The number of hydrogen-bond acceptors (Lipinski definition) is 8. The van der Waals surface area contributed by atoms with E-state index in [4.69, 9.17) is 0 Å². The van der Waals surface area contributed by atoms with Gasteiger partial charge in [-0.1, -0.05) is 12.1 Å². The molecule has 4 aromatic rings. The molecule has 4 rings (SSSR count). The lowest BCUT2D eigenvalue weighted by Gasteiger charge is -2.25. The summed E-state index contributed by atoms with van der Waals surface area (Å²) in [4.78, 5) is 30.0. The molecule has 0 fully saturated rings. The zero-order valence-electron chi connectivity index (χ0n) is 19.9. The van der Waals surface area contributed by atoms with Crippen molar-refractivity contribution in [1.29, 1.82) is 5.26 Å². The van der Waals surface area contributed by atoms with Gasteiger partial charge in [-0.15, -0.1) is 0 Å². The van der Waals surface area contributed by atoms with E-state index in [1.165, 1.54) is 37.7 Å². The van der Waals surface area contributed by atoms with E-state index in [-0.39, 0.29) is 17.1 Å². The van der Waals surface area contributed by atoms with Crippen molar-refractivity contribution >= 4 is 11.6 Å². The van der Waals surface area contributed by atoms with Crippen molar-refractivity contribution in [3.05, 3.63) is 86.9 Å². The summed E-state index contributed by atoms with van der Waals surface area (Å²) in [5.41, 5.74) is 0.763. The number of rotatable bonds is 6. The Bertz CT molecular complexity index is 1530. The van der Waals surface area contributed by atoms with E-state index in [1.807, 2.05) is 6.92 Å². The normalized spacial score (nSPS) is 12.7. The van der Waals surface area contributed by atoms with E-state index < -0.39 is 40.6 Å². The third kappa shape index (κ3) is 4.34. The number of hydrogen-bond donors (Lipinski definition) is 2. The fraction of sp³-hybridized carbons (Fsp3) is 0.250. The number of aromatic hydroxyl groups is 1. The van der Waals surface area contributed by atoms with Gasteiger partial charge < -0.3 is 14.9 Å². The van der Waals surface area contributed by atoms with Crippen LogP contribution in [0.2, 0.25) is 0 Å². The summed E-state index contributed by atoms with van der Waals surface area (Å²) in [6.07, 6.45) is 2.42. The molecule has 0 spiro atoms. The van der Waals surface area contributed by atoms with Crippen LogP contribution < -0.4 is 10.9 Å². The Morgan fingerprint density at radius 1 is 1.31 bits per heavy atom. The summed E-state index contributed by atoms with van der Waals surface area (Å²) in [5.74, 6) is -3.52. The van der Waals surface area contributed by atoms with Crippen LogP contribution in [0.3, 0.4) is 0 Å². The van der Waals surface area contributed by atoms with Crippen LogP contribution in [-0.2, 0) is 14.1 Å². The van der Waals surface area contributed by atoms with Crippen LogP contribution >= 0.6 is 0 Å². The van der Waals surface area contributed by atoms with Gasteiger partial charge in [0.15, 0.2) is 5.69 Å². The van der Waals surface area contributed by atoms with Crippen LogP contribution in [0.4, 0.5) is 10.1 Å². The minimum Gasteiger partial charge on any atom is -0.501 e. The number of carbonyl (C=O) groups excluding carboxylic acids is 1. The molecular weight excluding hydrogens is 469 g/mol. The van der Waals surface area contributed by atoms with Crippen molar-refractivity contribution in [2.45, 2.75) is 25.7 Å². The largest absolute Gasteiger partial charge is 0.501 e. The smallest absolute Gasteiger partial charge is 0.296 e. The van der Waals surface area contributed by atoms with Crippen molar-refractivity contribution in [2.75, 3.05) is 5.32 Å². The minimum absolute atomic E-state index is 0.120. The summed E-state index contributed by atoms with van der Waals surface area (Å²) >= 11 is 0. The fourth-order valence-corrected chi connectivity index (χ4v) is 4.10. The highest BCUT2D eigenvalue weighted by atomic mass is 19.1. The number of carbonyl (C=O) groups is 1. The molecule has 0 aliphatic carbocycles. The number of halogens is 1. The average molecular weight is 491 g/mol. The topological polar surface area (TPSA) is 152 Å². The first-order valence-corrected chi connectivity index (χ1v) is 10.8. The Labute approximate surface area is 204 Å². The second kappa shape index (κ2) is 9.46. The van der Waals surface area contributed by atoms with Gasteiger partial charge in [0.25, 0.3) is 11.5 Å². The average Bonchev–Trinajstić information content (AvgIpc) is 3.47.